The van der Waals surface area contributed by atoms with Crippen molar-refractivity contribution in [2.45, 2.75) is 20.3 Å². The van der Waals surface area contributed by atoms with Gasteiger partial charge in [-0.2, -0.15) is 0 Å². The molecular weight excluding hydrogens is 296 g/mol. The molecule has 100 valence electrons. The number of halogens is 1. The van der Waals surface area contributed by atoms with Crippen LogP contribution >= 0.6 is 15.9 Å². The van der Waals surface area contributed by atoms with Gasteiger partial charge in [0.25, 0.3) is 11.5 Å². The minimum atomic E-state index is -0.199. The number of nitrogens with zero attached hydrogens (tertiary/aromatic N) is 1. The Balaban J connectivity index is 2.66. The maximum atomic E-state index is 11.9. The first kappa shape index (κ1) is 15.0. The molecule has 0 fully saturated rings. The molecule has 0 aliphatic heterocycles. The van der Waals surface area contributed by atoms with Crippen LogP contribution in [0.2, 0.25) is 0 Å². The number of rotatable bonds is 5. The molecule has 0 atom stereocenters. The van der Waals surface area contributed by atoms with E-state index in [1.807, 2.05) is 0 Å². The van der Waals surface area contributed by atoms with Crippen molar-refractivity contribution >= 4 is 21.8 Å². The molecule has 0 radical (unpaired) electrons. The lowest BCUT2D eigenvalue weighted by Gasteiger charge is -2.23. The number of aryl methyl sites for hydroxylation is 1. The van der Waals surface area contributed by atoms with E-state index in [1.165, 1.54) is 10.6 Å². The van der Waals surface area contributed by atoms with Crippen molar-refractivity contribution in [3.05, 3.63) is 34.2 Å². The van der Waals surface area contributed by atoms with Gasteiger partial charge in [-0.1, -0.05) is 29.8 Å². The highest BCUT2D eigenvalue weighted by Crippen LogP contribution is 2.19. The molecule has 1 N–H and O–H groups in total. The third kappa shape index (κ3) is 4.29. The number of nitrogens with one attached hydrogen (secondary N) is 1. The molecular formula is C13H19BrN2O2. The molecule has 1 heterocycles. The average Bonchev–Trinajstić information content (AvgIpc) is 2.30. The summed E-state index contributed by atoms with van der Waals surface area (Å²) in [7, 11) is 1.66. The molecule has 18 heavy (non-hydrogen) atoms. The molecule has 1 rings (SSSR count). The predicted octanol–water partition coefficient (Wildman–Crippen LogP) is 1.93. The number of hydrogen-bond acceptors (Lipinski definition) is 2. The summed E-state index contributed by atoms with van der Waals surface area (Å²) in [6, 6.07) is 3.00. The maximum Gasteiger partial charge on any atom is 0.251 e. The number of carbonyl (C=O) groups is 1. The van der Waals surface area contributed by atoms with Gasteiger partial charge in [0, 0.05) is 36.7 Å². The minimum absolute atomic E-state index is 0.0406. The zero-order valence-corrected chi connectivity index (χ0v) is 12.6. The third-order valence-corrected chi connectivity index (χ3v) is 3.26. The lowest BCUT2D eigenvalue weighted by Crippen LogP contribution is -2.34. The molecule has 0 bridgehead atoms. The first-order valence-electron chi connectivity index (χ1n) is 5.86. The van der Waals surface area contributed by atoms with Crippen LogP contribution in [0, 0.1) is 5.41 Å². The van der Waals surface area contributed by atoms with E-state index in [0.29, 0.717) is 12.1 Å². The Morgan fingerprint density at radius 2 is 2.17 bits per heavy atom. The highest BCUT2D eigenvalue weighted by molar-refractivity contribution is 9.09. The van der Waals surface area contributed by atoms with Gasteiger partial charge in [-0.15, -0.1) is 0 Å². The van der Waals surface area contributed by atoms with Gasteiger partial charge in [-0.05, 0) is 17.9 Å². The number of hydrogen-bond donors (Lipinski definition) is 1. The van der Waals surface area contributed by atoms with Gasteiger partial charge in [-0.25, -0.2) is 0 Å². The molecule has 0 aliphatic rings. The highest BCUT2D eigenvalue weighted by atomic mass is 79.9. The molecule has 0 aliphatic carbocycles. The van der Waals surface area contributed by atoms with E-state index >= 15 is 0 Å². The molecule has 5 heteroatoms. The van der Waals surface area contributed by atoms with Crippen molar-refractivity contribution in [2.24, 2.45) is 12.5 Å². The fourth-order valence-corrected chi connectivity index (χ4v) is 2.53. The Hall–Kier alpha value is -1.10. The SMILES string of the molecule is Cn1ccc(C(=O)NCC(C)(C)CCBr)cc1=O. The Labute approximate surface area is 116 Å². The quantitative estimate of drug-likeness (QED) is 0.844. The average molecular weight is 315 g/mol. The van der Waals surface area contributed by atoms with Crippen LogP contribution in [0.1, 0.15) is 30.6 Å². The van der Waals surface area contributed by atoms with Crippen molar-refractivity contribution in [1.29, 1.82) is 0 Å². The topological polar surface area (TPSA) is 51.1 Å². The molecule has 0 aromatic carbocycles. The molecule has 1 aromatic heterocycles. The fourth-order valence-electron chi connectivity index (χ4n) is 1.46. The van der Waals surface area contributed by atoms with E-state index in [0.717, 1.165) is 11.8 Å². The molecule has 0 saturated heterocycles. The van der Waals surface area contributed by atoms with E-state index in [9.17, 15) is 9.59 Å². The normalized spacial score (nSPS) is 11.3. The van der Waals surface area contributed by atoms with Gasteiger partial charge in [0.1, 0.15) is 0 Å². The predicted molar refractivity (Wildman–Crippen MR) is 76.2 cm³/mol. The molecule has 0 spiro atoms. The van der Waals surface area contributed by atoms with Crippen LogP contribution in [0.5, 0.6) is 0 Å². The minimum Gasteiger partial charge on any atom is -0.351 e. The molecule has 4 nitrogen and oxygen atoms in total. The Bertz CT molecular complexity index is 480. The Morgan fingerprint density at radius 1 is 1.50 bits per heavy atom. The van der Waals surface area contributed by atoms with Gasteiger partial charge >= 0.3 is 0 Å². The van der Waals surface area contributed by atoms with E-state index in [1.54, 1.807) is 19.3 Å². The van der Waals surface area contributed by atoms with Gasteiger partial charge in [0.2, 0.25) is 0 Å². The number of amides is 1. The number of aromatic nitrogens is 1. The number of carbonyl (C=O) groups excluding carboxylic acids is 1. The van der Waals surface area contributed by atoms with Crippen LogP contribution in [0.15, 0.2) is 23.1 Å². The number of pyridine rings is 1. The summed E-state index contributed by atoms with van der Waals surface area (Å²) < 4.78 is 1.44. The summed E-state index contributed by atoms with van der Waals surface area (Å²) in [5.74, 6) is -0.199. The van der Waals surface area contributed by atoms with Crippen LogP contribution in [-0.4, -0.2) is 22.3 Å². The third-order valence-electron chi connectivity index (χ3n) is 2.87. The fraction of sp³-hybridized carbons (Fsp3) is 0.538. The maximum absolute atomic E-state index is 11.9. The lowest BCUT2D eigenvalue weighted by atomic mass is 9.90. The van der Waals surface area contributed by atoms with E-state index in [4.69, 9.17) is 0 Å². The zero-order valence-electron chi connectivity index (χ0n) is 11.0. The first-order valence-corrected chi connectivity index (χ1v) is 6.99. The second-order valence-electron chi connectivity index (χ2n) is 5.15. The standard InChI is InChI=1S/C13H19BrN2O2/c1-13(2,5-6-14)9-15-12(18)10-4-7-16(3)11(17)8-10/h4,7-8H,5-6,9H2,1-3H3,(H,15,18). The summed E-state index contributed by atoms with van der Waals surface area (Å²) >= 11 is 3.40. The van der Waals surface area contributed by atoms with Crippen molar-refractivity contribution in [1.82, 2.24) is 9.88 Å². The first-order chi connectivity index (χ1) is 8.35. The number of alkyl halides is 1. The van der Waals surface area contributed by atoms with Gasteiger partial charge in [-0.3, -0.25) is 9.59 Å². The van der Waals surface area contributed by atoms with Crippen LogP contribution < -0.4 is 10.9 Å². The van der Waals surface area contributed by atoms with E-state index in [2.05, 4.69) is 35.1 Å². The molecule has 1 amide bonds. The Kier molecular flexibility index (Phi) is 5.14. The van der Waals surface area contributed by atoms with Crippen LogP contribution in [0.3, 0.4) is 0 Å². The lowest BCUT2D eigenvalue weighted by molar-refractivity contribution is 0.0935. The smallest absolute Gasteiger partial charge is 0.251 e. The van der Waals surface area contributed by atoms with Gasteiger partial charge in [0.05, 0.1) is 0 Å². The molecule has 1 aromatic rings. The largest absolute Gasteiger partial charge is 0.351 e. The Morgan fingerprint density at radius 3 is 2.72 bits per heavy atom. The van der Waals surface area contributed by atoms with Crippen molar-refractivity contribution in [3.63, 3.8) is 0 Å². The van der Waals surface area contributed by atoms with Crippen LogP contribution in [0.4, 0.5) is 0 Å². The summed E-state index contributed by atoms with van der Waals surface area (Å²) in [4.78, 5) is 23.3. The highest BCUT2D eigenvalue weighted by Gasteiger charge is 2.18. The molecule has 0 saturated carbocycles. The molecule has 0 unspecified atom stereocenters. The van der Waals surface area contributed by atoms with Crippen LogP contribution in [-0.2, 0) is 7.05 Å². The zero-order chi connectivity index (χ0) is 13.8. The van der Waals surface area contributed by atoms with Crippen molar-refractivity contribution in [3.8, 4) is 0 Å². The second kappa shape index (κ2) is 6.18. The van der Waals surface area contributed by atoms with Crippen LogP contribution in [0.25, 0.3) is 0 Å². The summed E-state index contributed by atoms with van der Waals surface area (Å²) in [6.45, 7) is 4.78. The summed E-state index contributed by atoms with van der Waals surface area (Å²) in [5.41, 5.74) is 0.272. The van der Waals surface area contributed by atoms with Gasteiger partial charge in [0.15, 0.2) is 0 Å². The summed E-state index contributed by atoms with van der Waals surface area (Å²) in [5, 5.41) is 3.77. The van der Waals surface area contributed by atoms with Gasteiger partial charge < -0.3 is 9.88 Å². The second-order valence-corrected chi connectivity index (χ2v) is 5.94. The van der Waals surface area contributed by atoms with E-state index < -0.39 is 0 Å². The van der Waals surface area contributed by atoms with Crippen molar-refractivity contribution < 1.29 is 4.79 Å². The van der Waals surface area contributed by atoms with Crippen molar-refractivity contribution in [2.75, 3.05) is 11.9 Å². The monoisotopic (exact) mass is 314 g/mol. The summed E-state index contributed by atoms with van der Waals surface area (Å²) in [6.07, 6.45) is 2.57. The van der Waals surface area contributed by atoms with E-state index in [-0.39, 0.29) is 16.9 Å².